The second-order valence-electron chi connectivity index (χ2n) is 9.18. The van der Waals surface area contributed by atoms with E-state index in [2.05, 4.69) is 41.5 Å². The van der Waals surface area contributed by atoms with Crippen LogP contribution in [0.4, 0.5) is 0 Å². The van der Waals surface area contributed by atoms with Crippen molar-refractivity contribution >= 4 is 11.8 Å². The maximum absolute atomic E-state index is 13.1. The van der Waals surface area contributed by atoms with Crippen LogP contribution in [0.1, 0.15) is 37.0 Å². The Hall–Kier alpha value is -2.90. The number of amides is 2. The van der Waals surface area contributed by atoms with Gasteiger partial charge in [0, 0.05) is 37.7 Å². The van der Waals surface area contributed by atoms with Crippen molar-refractivity contribution in [3.63, 3.8) is 0 Å². The SMILES string of the molecule is CCN(CC)Cc1cc(CN[C@H]2C[C@H]3C(=O)N[C@@H](Cc4ccccc4)C(=O)N3C2)ccc1OC. The normalized spacial score (nSPS) is 22.1. The molecule has 7 nitrogen and oxygen atoms in total. The molecular formula is C27H36N4O3. The zero-order valence-electron chi connectivity index (χ0n) is 20.4. The van der Waals surface area contributed by atoms with Crippen LogP contribution >= 0.6 is 0 Å². The van der Waals surface area contributed by atoms with Gasteiger partial charge in [-0.15, -0.1) is 0 Å². The molecule has 0 aromatic heterocycles. The fourth-order valence-corrected chi connectivity index (χ4v) is 5.01. The third-order valence-corrected chi connectivity index (χ3v) is 7.01. The van der Waals surface area contributed by atoms with Gasteiger partial charge in [0.2, 0.25) is 11.8 Å². The van der Waals surface area contributed by atoms with Gasteiger partial charge in [0.15, 0.2) is 0 Å². The van der Waals surface area contributed by atoms with Gasteiger partial charge in [-0.1, -0.05) is 50.2 Å². The smallest absolute Gasteiger partial charge is 0.246 e. The third-order valence-electron chi connectivity index (χ3n) is 7.01. The Balaban J connectivity index is 1.37. The van der Waals surface area contributed by atoms with Crippen LogP contribution in [0.3, 0.4) is 0 Å². The number of ether oxygens (including phenoxy) is 1. The standard InChI is InChI=1S/C27H36N4O3/c1-4-30(5-2)17-21-13-20(11-12-25(21)34-3)16-28-22-15-24-26(32)29-23(27(33)31(24)18-22)14-19-9-7-6-8-10-19/h6-13,22-24,28H,4-5,14-18H2,1-3H3,(H,29,32)/t22-,23-,24-/m0/s1. The number of benzene rings is 2. The molecule has 2 aromatic rings. The molecule has 2 heterocycles. The van der Waals surface area contributed by atoms with Gasteiger partial charge in [0.1, 0.15) is 17.8 Å². The van der Waals surface area contributed by atoms with Crippen molar-refractivity contribution in [1.82, 2.24) is 20.4 Å². The lowest BCUT2D eigenvalue weighted by atomic mass is 10.0. The molecule has 3 atom stereocenters. The van der Waals surface area contributed by atoms with Gasteiger partial charge in [0.25, 0.3) is 0 Å². The van der Waals surface area contributed by atoms with Gasteiger partial charge < -0.3 is 20.3 Å². The summed E-state index contributed by atoms with van der Waals surface area (Å²) < 4.78 is 5.57. The molecule has 0 spiro atoms. The van der Waals surface area contributed by atoms with Crippen molar-refractivity contribution in [1.29, 1.82) is 0 Å². The molecule has 2 fully saturated rings. The number of carbonyl (C=O) groups is 2. The van der Waals surface area contributed by atoms with E-state index >= 15 is 0 Å². The van der Waals surface area contributed by atoms with Crippen LogP contribution in [0.2, 0.25) is 0 Å². The summed E-state index contributed by atoms with van der Waals surface area (Å²) in [4.78, 5) is 30.0. The molecule has 34 heavy (non-hydrogen) atoms. The number of fused-ring (bicyclic) bond motifs is 1. The van der Waals surface area contributed by atoms with Crippen LogP contribution < -0.4 is 15.4 Å². The van der Waals surface area contributed by atoms with E-state index in [0.29, 0.717) is 25.9 Å². The Morgan fingerprint density at radius 2 is 1.85 bits per heavy atom. The molecule has 0 aliphatic carbocycles. The number of nitrogens with zero attached hydrogens (tertiary/aromatic N) is 2. The second kappa shape index (κ2) is 11.0. The minimum Gasteiger partial charge on any atom is -0.496 e. The fraction of sp³-hybridized carbons (Fsp3) is 0.481. The highest BCUT2D eigenvalue weighted by Crippen LogP contribution is 2.25. The molecule has 2 amide bonds. The van der Waals surface area contributed by atoms with Gasteiger partial charge in [-0.2, -0.15) is 0 Å². The number of rotatable bonds is 10. The molecule has 182 valence electrons. The average molecular weight is 465 g/mol. The van der Waals surface area contributed by atoms with Crippen LogP contribution in [-0.2, 0) is 29.1 Å². The Kier molecular flexibility index (Phi) is 7.85. The van der Waals surface area contributed by atoms with Gasteiger partial charge in [0.05, 0.1) is 7.11 Å². The maximum Gasteiger partial charge on any atom is 0.246 e. The molecule has 0 radical (unpaired) electrons. The van der Waals surface area contributed by atoms with E-state index in [-0.39, 0.29) is 23.9 Å². The van der Waals surface area contributed by atoms with E-state index in [1.165, 1.54) is 11.1 Å². The molecule has 2 saturated heterocycles. The zero-order chi connectivity index (χ0) is 24.1. The van der Waals surface area contributed by atoms with Crippen LogP contribution in [0, 0.1) is 0 Å². The lowest BCUT2D eigenvalue weighted by Gasteiger charge is -2.34. The van der Waals surface area contributed by atoms with E-state index in [1.807, 2.05) is 36.4 Å². The van der Waals surface area contributed by atoms with Gasteiger partial charge >= 0.3 is 0 Å². The summed E-state index contributed by atoms with van der Waals surface area (Å²) >= 11 is 0. The van der Waals surface area contributed by atoms with E-state index in [4.69, 9.17) is 4.74 Å². The first kappa shape index (κ1) is 24.2. The Bertz CT molecular complexity index is 993. The fourth-order valence-electron chi connectivity index (χ4n) is 5.01. The van der Waals surface area contributed by atoms with E-state index < -0.39 is 6.04 Å². The van der Waals surface area contributed by atoms with Crippen LogP contribution in [-0.4, -0.2) is 66.5 Å². The lowest BCUT2D eigenvalue weighted by Crippen LogP contribution is -2.61. The molecule has 2 aliphatic heterocycles. The Morgan fingerprint density at radius 1 is 1.09 bits per heavy atom. The number of carbonyl (C=O) groups excluding carboxylic acids is 2. The minimum atomic E-state index is -0.492. The van der Waals surface area contributed by atoms with Crippen molar-refractivity contribution in [3.05, 3.63) is 65.2 Å². The summed E-state index contributed by atoms with van der Waals surface area (Å²) in [5.74, 6) is 0.875. The largest absolute Gasteiger partial charge is 0.496 e. The number of methoxy groups -OCH3 is 1. The van der Waals surface area contributed by atoms with Gasteiger partial charge in [-0.25, -0.2) is 0 Å². The summed E-state index contributed by atoms with van der Waals surface area (Å²) in [6.07, 6.45) is 1.16. The van der Waals surface area contributed by atoms with Crippen molar-refractivity contribution in [2.75, 3.05) is 26.7 Å². The highest BCUT2D eigenvalue weighted by Gasteiger charge is 2.46. The van der Waals surface area contributed by atoms with Gasteiger partial charge in [-0.05, 0) is 42.8 Å². The highest BCUT2D eigenvalue weighted by atomic mass is 16.5. The molecule has 0 unspecified atom stereocenters. The van der Waals surface area contributed by atoms with E-state index in [9.17, 15) is 9.59 Å². The first-order valence-electron chi connectivity index (χ1n) is 12.3. The summed E-state index contributed by atoms with van der Waals surface area (Å²) in [6, 6.07) is 15.3. The molecule has 4 rings (SSSR count). The number of hydrogen-bond acceptors (Lipinski definition) is 5. The maximum atomic E-state index is 13.1. The second-order valence-corrected chi connectivity index (χ2v) is 9.18. The lowest BCUT2D eigenvalue weighted by molar-refractivity contribution is -0.147. The predicted octanol–water partition coefficient (Wildman–Crippen LogP) is 2.34. The van der Waals surface area contributed by atoms with Crippen molar-refractivity contribution < 1.29 is 14.3 Å². The van der Waals surface area contributed by atoms with E-state index in [1.54, 1.807) is 12.0 Å². The topological polar surface area (TPSA) is 73.9 Å². The number of piperazine rings is 1. The monoisotopic (exact) mass is 464 g/mol. The van der Waals surface area contributed by atoms with Crippen LogP contribution in [0.5, 0.6) is 5.75 Å². The molecule has 2 aromatic carbocycles. The summed E-state index contributed by atoms with van der Waals surface area (Å²) in [6.45, 7) is 8.40. The first-order valence-corrected chi connectivity index (χ1v) is 12.3. The van der Waals surface area contributed by atoms with Crippen molar-refractivity contribution in [2.24, 2.45) is 0 Å². The van der Waals surface area contributed by atoms with Crippen LogP contribution in [0.15, 0.2) is 48.5 Å². The Morgan fingerprint density at radius 3 is 2.56 bits per heavy atom. The van der Waals surface area contributed by atoms with Crippen molar-refractivity contribution in [2.45, 2.75) is 57.9 Å². The van der Waals surface area contributed by atoms with E-state index in [0.717, 1.165) is 30.9 Å². The Labute approximate surface area is 202 Å². The molecule has 7 heteroatoms. The summed E-state index contributed by atoms with van der Waals surface area (Å²) in [7, 11) is 1.71. The predicted molar refractivity (Wildman–Crippen MR) is 132 cm³/mol. The highest BCUT2D eigenvalue weighted by molar-refractivity contribution is 5.97. The molecule has 0 bridgehead atoms. The minimum absolute atomic E-state index is 0.0173. The van der Waals surface area contributed by atoms with Gasteiger partial charge in [-0.3, -0.25) is 14.5 Å². The van der Waals surface area contributed by atoms with Crippen molar-refractivity contribution in [3.8, 4) is 5.75 Å². The number of hydrogen-bond donors (Lipinski definition) is 2. The molecule has 2 aliphatic rings. The van der Waals surface area contributed by atoms with Crippen LogP contribution in [0.25, 0.3) is 0 Å². The molecule has 2 N–H and O–H groups in total. The quantitative estimate of drug-likeness (QED) is 0.565. The first-order chi connectivity index (χ1) is 16.5. The molecule has 0 saturated carbocycles. The molecular weight excluding hydrogens is 428 g/mol. The summed E-state index contributed by atoms with van der Waals surface area (Å²) in [5.41, 5.74) is 3.40. The third kappa shape index (κ3) is 5.42. The average Bonchev–Trinajstić information content (AvgIpc) is 3.30. The zero-order valence-corrected chi connectivity index (χ0v) is 20.4. The number of nitrogens with one attached hydrogen (secondary N) is 2. The summed E-state index contributed by atoms with van der Waals surface area (Å²) in [5, 5.41) is 6.53.